The minimum atomic E-state index is -4.97. The molecule has 0 fully saturated rings. The van der Waals surface area contributed by atoms with Crippen LogP contribution in [0.1, 0.15) is 407 Å². The van der Waals surface area contributed by atoms with Crippen molar-refractivity contribution in [3.05, 3.63) is 24.3 Å². The Labute approximate surface area is 605 Å². The first kappa shape index (κ1) is 96.5. The van der Waals surface area contributed by atoms with Crippen LogP contribution >= 0.6 is 15.6 Å². The lowest BCUT2D eigenvalue weighted by molar-refractivity contribution is -0.161. The van der Waals surface area contributed by atoms with E-state index in [1.54, 1.807) is 0 Å². The number of phosphoric ester groups is 2. The molecule has 0 aliphatic rings. The monoisotopic (exact) mass is 1450 g/mol. The topological polar surface area (TPSA) is 237 Å². The molecule has 0 aliphatic heterocycles. The standard InChI is InChI=1S/C80H152O17P2/c1-5-9-13-17-21-25-29-33-36-37-40-43-47-51-55-59-63-67-80(85)97-76(71-91-78(83)65-61-57-53-49-45-41-38-34-30-26-22-18-14-10-6-2)73-95-99(88,89)93-69-74(81)68-92-98(86,87)94-72-75(70-90-77(82)64-60-56-52-48-44-32-28-24-20-16-12-8-4)96-79(84)66-62-58-54-50-46-42-39-35-31-27-23-19-15-11-7-3/h26,30,34,38,74-76,81H,5-25,27-29,31-33,35-37,39-73H2,1-4H3,(H,86,87)(H,88,89)/b30-26-,38-34-/t74-,75+,76+/m0/s1. The average Bonchev–Trinajstić information content (AvgIpc) is 1.000. The molecule has 584 valence electrons. The molecular weight excluding hydrogens is 1290 g/mol. The van der Waals surface area contributed by atoms with Gasteiger partial charge in [0.2, 0.25) is 0 Å². The molecule has 0 heterocycles. The first-order valence-corrected chi connectivity index (χ1v) is 44.1. The largest absolute Gasteiger partial charge is 0.472 e. The van der Waals surface area contributed by atoms with Crippen LogP contribution in [0.5, 0.6) is 0 Å². The molecule has 5 atom stereocenters. The Bertz CT molecular complexity index is 1970. The van der Waals surface area contributed by atoms with Gasteiger partial charge in [0.1, 0.15) is 19.3 Å². The van der Waals surface area contributed by atoms with E-state index in [-0.39, 0.29) is 25.7 Å². The molecule has 2 unspecified atom stereocenters. The summed E-state index contributed by atoms with van der Waals surface area (Å²) >= 11 is 0. The van der Waals surface area contributed by atoms with Gasteiger partial charge in [0.15, 0.2) is 12.2 Å². The number of carbonyl (C=O) groups is 4. The number of phosphoric acid groups is 2. The van der Waals surface area contributed by atoms with Gasteiger partial charge in [-0.2, -0.15) is 0 Å². The highest BCUT2D eigenvalue weighted by Crippen LogP contribution is 2.45. The third-order valence-corrected chi connectivity index (χ3v) is 20.1. The molecular formula is C80H152O17P2. The summed E-state index contributed by atoms with van der Waals surface area (Å²) in [4.78, 5) is 73.0. The van der Waals surface area contributed by atoms with Gasteiger partial charge in [0.25, 0.3) is 0 Å². The van der Waals surface area contributed by atoms with E-state index < -0.39 is 97.5 Å². The first-order valence-electron chi connectivity index (χ1n) is 41.1. The van der Waals surface area contributed by atoms with E-state index in [1.165, 1.54) is 218 Å². The Morgan fingerprint density at radius 3 is 0.737 bits per heavy atom. The lowest BCUT2D eigenvalue weighted by atomic mass is 10.0. The molecule has 17 nitrogen and oxygen atoms in total. The van der Waals surface area contributed by atoms with Crippen LogP contribution in [-0.2, 0) is 65.4 Å². The second kappa shape index (κ2) is 73.8. The number of hydrogen-bond acceptors (Lipinski definition) is 15. The van der Waals surface area contributed by atoms with E-state index in [4.69, 9.17) is 37.0 Å². The fourth-order valence-corrected chi connectivity index (χ4v) is 13.5. The Morgan fingerprint density at radius 1 is 0.283 bits per heavy atom. The number of ether oxygens (including phenoxy) is 4. The fourth-order valence-electron chi connectivity index (χ4n) is 11.9. The molecule has 3 N–H and O–H groups in total. The molecule has 99 heavy (non-hydrogen) atoms. The van der Waals surface area contributed by atoms with Crippen LogP contribution in [0, 0.1) is 0 Å². The summed E-state index contributed by atoms with van der Waals surface area (Å²) in [6.45, 7) is 4.96. The maximum Gasteiger partial charge on any atom is 0.472 e. The molecule has 0 spiro atoms. The zero-order valence-electron chi connectivity index (χ0n) is 64.0. The molecule has 19 heteroatoms. The number of aliphatic hydroxyl groups excluding tert-OH is 1. The van der Waals surface area contributed by atoms with Gasteiger partial charge in [0, 0.05) is 25.7 Å². The maximum absolute atomic E-state index is 13.1. The molecule has 0 rings (SSSR count). The second-order valence-electron chi connectivity index (χ2n) is 28.1. The zero-order valence-corrected chi connectivity index (χ0v) is 65.7. The van der Waals surface area contributed by atoms with Crippen molar-refractivity contribution in [1.29, 1.82) is 0 Å². The van der Waals surface area contributed by atoms with E-state index in [0.717, 1.165) is 109 Å². The van der Waals surface area contributed by atoms with Gasteiger partial charge in [0.05, 0.1) is 26.4 Å². The van der Waals surface area contributed by atoms with Crippen molar-refractivity contribution in [3.8, 4) is 0 Å². The van der Waals surface area contributed by atoms with E-state index in [9.17, 15) is 43.2 Å². The summed E-state index contributed by atoms with van der Waals surface area (Å²) < 4.78 is 68.7. The van der Waals surface area contributed by atoms with Gasteiger partial charge in [-0.15, -0.1) is 0 Å². The molecule has 0 bridgehead atoms. The SMILES string of the molecule is CCCCCC/C=C\C=C/CCCCCCCC(=O)OC[C@H](COP(=O)(O)OC[C@@H](O)COP(=O)(O)OC[C@@H](COC(=O)CCCCCCCCCCCCCC)OC(=O)CCCCCCCCCCCCCCCCC)OC(=O)CCCCCCCCCCCCCCCCCCC. The molecule has 0 aromatic heterocycles. The molecule has 0 saturated carbocycles. The number of unbranched alkanes of at least 4 members (excludes halogenated alkanes) is 50. The van der Waals surface area contributed by atoms with Crippen LogP contribution in [0.2, 0.25) is 0 Å². The quantitative estimate of drug-likeness (QED) is 0.0169. The second-order valence-corrected chi connectivity index (χ2v) is 31.0. The summed E-state index contributed by atoms with van der Waals surface area (Å²) in [6.07, 6.45) is 68.6. The molecule has 0 amide bonds. The number of carbonyl (C=O) groups excluding carboxylic acids is 4. The summed E-state index contributed by atoms with van der Waals surface area (Å²) in [5.74, 6) is -2.13. The van der Waals surface area contributed by atoms with Crippen molar-refractivity contribution in [3.63, 3.8) is 0 Å². The first-order chi connectivity index (χ1) is 48.2. The number of allylic oxidation sites excluding steroid dienone is 4. The Balaban J connectivity index is 5.29. The summed E-state index contributed by atoms with van der Waals surface area (Å²) in [5, 5.41) is 10.6. The van der Waals surface area contributed by atoms with Crippen LogP contribution in [0.4, 0.5) is 0 Å². The van der Waals surface area contributed by atoms with Gasteiger partial charge in [-0.05, 0) is 51.4 Å². The molecule has 0 aromatic rings. The highest BCUT2D eigenvalue weighted by molar-refractivity contribution is 7.47. The number of hydrogen-bond donors (Lipinski definition) is 3. The lowest BCUT2D eigenvalue weighted by Crippen LogP contribution is -2.30. The van der Waals surface area contributed by atoms with Crippen molar-refractivity contribution in [2.75, 3.05) is 39.6 Å². The van der Waals surface area contributed by atoms with E-state index in [1.807, 2.05) is 0 Å². The van der Waals surface area contributed by atoms with Crippen molar-refractivity contribution in [2.45, 2.75) is 425 Å². The normalized spacial score (nSPS) is 14.0. The van der Waals surface area contributed by atoms with Crippen molar-refractivity contribution >= 4 is 39.5 Å². The average molecular weight is 1450 g/mol. The van der Waals surface area contributed by atoms with E-state index in [0.29, 0.717) is 25.7 Å². The zero-order chi connectivity index (χ0) is 72.5. The van der Waals surface area contributed by atoms with Crippen LogP contribution in [0.15, 0.2) is 24.3 Å². The van der Waals surface area contributed by atoms with E-state index in [2.05, 4.69) is 52.0 Å². The Morgan fingerprint density at radius 2 is 0.485 bits per heavy atom. The Kier molecular flexibility index (Phi) is 72.0. The van der Waals surface area contributed by atoms with Crippen LogP contribution < -0.4 is 0 Å². The highest BCUT2D eigenvalue weighted by Gasteiger charge is 2.30. The summed E-state index contributed by atoms with van der Waals surface area (Å²) in [6, 6.07) is 0. The minimum Gasteiger partial charge on any atom is -0.462 e. The van der Waals surface area contributed by atoms with Crippen molar-refractivity contribution < 1.29 is 80.2 Å². The predicted molar refractivity (Wildman–Crippen MR) is 405 cm³/mol. The molecule has 0 aliphatic carbocycles. The van der Waals surface area contributed by atoms with Crippen LogP contribution in [-0.4, -0.2) is 96.7 Å². The van der Waals surface area contributed by atoms with Crippen molar-refractivity contribution in [2.24, 2.45) is 0 Å². The van der Waals surface area contributed by atoms with Crippen molar-refractivity contribution in [1.82, 2.24) is 0 Å². The molecule has 0 saturated heterocycles. The van der Waals surface area contributed by atoms with Gasteiger partial charge in [-0.3, -0.25) is 37.3 Å². The third kappa shape index (κ3) is 73.6. The molecule has 0 aromatic carbocycles. The third-order valence-electron chi connectivity index (χ3n) is 18.2. The van der Waals surface area contributed by atoms with Crippen LogP contribution in [0.3, 0.4) is 0 Å². The number of esters is 4. The maximum atomic E-state index is 13.1. The van der Waals surface area contributed by atoms with Crippen LogP contribution in [0.25, 0.3) is 0 Å². The Hall–Kier alpha value is -2.46. The van der Waals surface area contributed by atoms with Gasteiger partial charge >= 0.3 is 39.5 Å². The summed E-state index contributed by atoms with van der Waals surface area (Å²) in [7, 11) is -9.93. The van der Waals surface area contributed by atoms with E-state index >= 15 is 0 Å². The van der Waals surface area contributed by atoms with Gasteiger partial charge in [-0.25, -0.2) is 9.13 Å². The number of aliphatic hydroxyl groups is 1. The highest BCUT2D eigenvalue weighted by atomic mass is 31.2. The smallest absolute Gasteiger partial charge is 0.462 e. The van der Waals surface area contributed by atoms with Gasteiger partial charge in [-0.1, -0.05) is 354 Å². The molecule has 0 radical (unpaired) electrons. The predicted octanol–water partition coefficient (Wildman–Crippen LogP) is 23.7. The minimum absolute atomic E-state index is 0.102. The van der Waals surface area contributed by atoms with Gasteiger partial charge < -0.3 is 33.8 Å². The fraction of sp³-hybridized carbons (Fsp3) is 0.900. The lowest BCUT2D eigenvalue weighted by Gasteiger charge is -2.21. The number of rotatable bonds is 79. The summed E-state index contributed by atoms with van der Waals surface area (Å²) in [5.41, 5.74) is 0.